The zero-order valence-corrected chi connectivity index (χ0v) is 12.7. The molecule has 0 unspecified atom stereocenters. The minimum atomic E-state index is 0.0282. The minimum Gasteiger partial charge on any atom is -0.339 e. The Labute approximate surface area is 130 Å². The van der Waals surface area contributed by atoms with Gasteiger partial charge in [-0.15, -0.1) is 0 Å². The summed E-state index contributed by atoms with van der Waals surface area (Å²) in [5, 5.41) is 8.92. The van der Waals surface area contributed by atoms with E-state index in [1.807, 2.05) is 17.0 Å². The predicted molar refractivity (Wildman–Crippen MR) is 82.4 cm³/mol. The third kappa shape index (κ3) is 2.57. The van der Waals surface area contributed by atoms with Gasteiger partial charge in [-0.25, -0.2) is 0 Å². The highest BCUT2D eigenvalue weighted by atomic mass is 16.2. The van der Waals surface area contributed by atoms with Gasteiger partial charge in [-0.3, -0.25) is 9.59 Å². The van der Waals surface area contributed by atoms with Crippen LogP contribution in [0.2, 0.25) is 0 Å². The molecule has 0 spiro atoms. The summed E-state index contributed by atoms with van der Waals surface area (Å²) in [6.45, 7) is 3.55. The quantitative estimate of drug-likeness (QED) is 0.796. The molecule has 0 bridgehead atoms. The van der Waals surface area contributed by atoms with Crippen LogP contribution >= 0.6 is 0 Å². The summed E-state index contributed by atoms with van der Waals surface area (Å²) in [4.78, 5) is 27.7. The molecule has 114 valence electrons. The number of anilines is 1. The Kier molecular flexibility index (Phi) is 3.84. The number of rotatable bonds is 1. The van der Waals surface area contributed by atoms with Crippen molar-refractivity contribution in [2.45, 2.75) is 26.2 Å². The van der Waals surface area contributed by atoms with E-state index in [9.17, 15) is 9.59 Å². The molecule has 2 amide bonds. The van der Waals surface area contributed by atoms with Gasteiger partial charge in [0.15, 0.2) is 0 Å². The molecule has 5 nitrogen and oxygen atoms in total. The van der Waals surface area contributed by atoms with Gasteiger partial charge in [0.1, 0.15) is 0 Å². The Bertz CT molecular complexity index is 654. The molecule has 0 saturated carbocycles. The van der Waals surface area contributed by atoms with Crippen LogP contribution in [0.3, 0.4) is 0 Å². The van der Waals surface area contributed by atoms with E-state index in [0.717, 1.165) is 30.5 Å². The summed E-state index contributed by atoms with van der Waals surface area (Å²) in [6, 6.07) is 7.87. The number of likely N-dealkylation sites (tertiary alicyclic amines) is 1. The van der Waals surface area contributed by atoms with Gasteiger partial charge in [-0.1, -0.05) is 0 Å². The van der Waals surface area contributed by atoms with E-state index < -0.39 is 0 Å². The minimum absolute atomic E-state index is 0.0282. The lowest BCUT2D eigenvalue weighted by atomic mass is 9.97. The molecule has 0 aromatic heterocycles. The van der Waals surface area contributed by atoms with Crippen LogP contribution in [-0.2, 0) is 11.2 Å². The van der Waals surface area contributed by atoms with Gasteiger partial charge >= 0.3 is 0 Å². The fourth-order valence-electron chi connectivity index (χ4n) is 3.26. The molecule has 0 radical (unpaired) electrons. The van der Waals surface area contributed by atoms with Crippen LogP contribution in [0.5, 0.6) is 0 Å². The van der Waals surface area contributed by atoms with E-state index in [1.54, 1.807) is 17.9 Å². The molecule has 2 heterocycles. The number of fused-ring (bicyclic) bond motifs is 1. The molecule has 0 N–H and O–H groups in total. The predicted octanol–water partition coefficient (Wildman–Crippen LogP) is 1.97. The van der Waals surface area contributed by atoms with Crippen molar-refractivity contribution in [1.29, 1.82) is 5.26 Å². The average Bonchev–Trinajstić information content (AvgIpc) is 2.97. The second-order valence-corrected chi connectivity index (χ2v) is 5.96. The molecule has 0 aliphatic carbocycles. The molecule has 5 heteroatoms. The molecule has 3 rings (SSSR count). The Morgan fingerprint density at radius 3 is 2.59 bits per heavy atom. The summed E-state index contributed by atoms with van der Waals surface area (Å²) in [5.41, 5.74) is 2.67. The average molecular weight is 297 g/mol. The van der Waals surface area contributed by atoms with Crippen molar-refractivity contribution in [3.63, 3.8) is 0 Å². The van der Waals surface area contributed by atoms with Gasteiger partial charge in [0, 0.05) is 43.7 Å². The first-order valence-corrected chi connectivity index (χ1v) is 7.70. The molecule has 22 heavy (non-hydrogen) atoms. The highest BCUT2D eigenvalue weighted by molar-refractivity contribution is 5.97. The van der Waals surface area contributed by atoms with E-state index in [2.05, 4.69) is 6.07 Å². The van der Waals surface area contributed by atoms with Crippen LogP contribution in [-0.4, -0.2) is 36.3 Å². The van der Waals surface area contributed by atoms with E-state index in [0.29, 0.717) is 25.2 Å². The third-order valence-electron chi connectivity index (χ3n) is 4.57. The van der Waals surface area contributed by atoms with Crippen molar-refractivity contribution < 1.29 is 9.59 Å². The maximum atomic E-state index is 12.6. The van der Waals surface area contributed by atoms with E-state index >= 15 is 0 Å². The topological polar surface area (TPSA) is 64.4 Å². The SMILES string of the molecule is CC(=O)N1CCc2cc(C(=O)N3CCC(C#N)CC3)ccc21. The molecular weight excluding hydrogens is 278 g/mol. The van der Waals surface area contributed by atoms with E-state index in [1.165, 1.54) is 0 Å². The first-order chi connectivity index (χ1) is 10.6. The zero-order chi connectivity index (χ0) is 15.7. The molecule has 1 saturated heterocycles. The van der Waals surface area contributed by atoms with Crippen LogP contribution < -0.4 is 4.90 Å². The second kappa shape index (κ2) is 5.80. The number of hydrogen-bond donors (Lipinski definition) is 0. The van der Waals surface area contributed by atoms with Gasteiger partial charge < -0.3 is 9.80 Å². The van der Waals surface area contributed by atoms with Gasteiger partial charge in [-0.05, 0) is 43.0 Å². The third-order valence-corrected chi connectivity index (χ3v) is 4.57. The molecule has 0 atom stereocenters. The first kappa shape index (κ1) is 14.6. The van der Waals surface area contributed by atoms with Crippen LogP contribution in [0, 0.1) is 17.2 Å². The number of nitrogens with zero attached hydrogens (tertiary/aromatic N) is 3. The maximum Gasteiger partial charge on any atom is 0.253 e. The first-order valence-electron chi connectivity index (χ1n) is 7.70. The Morgan fingerprint density at radius 2 is 1.95 bits per heavy atom. The zero-order valence-electron chi connectivity index (χ0n) is 12.7. The monoisotopic (exact) mass is 297 g/mol. The van der Waals surface area contributed by atoms with E-state index in [4.69, 9.17) is 5.26 Å². The van der Waals surface area contributed by atoms with Gasteiger partial charge in [0.2, 0.25) is 5.91 Å². The van der Waals surface area contributed by atoms with Crippen molar-refractivity contribution in [3.8, 4) is 6.07 Å². The van der Waals surface area contributed by atoms with Gasteiger partial charge in [0.05, 0.1) is 6.07 Å². The highest BCUT2D eigenvalue weighted by Crippen LogP contribution is 2.29. The largest absolute Gasteiger partial charge is 0.339 e. The highest BCUT2D eigenvalue weighted by Gasteiger charge is 2.26. The number of hydrogen-bond acceptors (Lipinski definition) is 3. The lowest BCUT2D eigenvalue weighted by Gasteiger charge is -2.29. The lowest BCUT2D eigenvalue weighted by molar-refractivity contribution is -0.116. The Morgan fingerprint density at radius 1 is 1.23 bits per heavy atom. The van der Waals surface area contributed by atoms with Crippen molar-refractivity contribution in [2.24, 2.45) is 5.92 Å². The van der Waals surface area contributed by atoms with Gasteiger partial charge in [-0.2, -0.15) is 5.26 Å². The Hall–Kier alpha value is -2.35. The van der Waals surface area contributed by atoms with Crippen LogP contribution in [0.25, 0.3) is 0 Å². The van der Waals surface area contributed by atoms with Gasteiger partial charge in [0.25, 0.3) is 5.91 Å². The van der Waals surface area contributed by atoms with Crippen LogP contribution in [0.15, 0.2) is 18.2 Å². The lowest BCUT2D eigenvalue weighted by Crippen LogP contribution is -2.38. The second-order valence-electron chi connectivity index (χ2n) is 5.96. The maximum absolute atomic E-state index is 12.6. The molecular formula is C17H19N3O2. The number of carbonyl (C=O) groups is 2. The summed E-state index contributed by atoms with van der Waals surface area (Å²) in [7, 11) is 0. The van der Waals surface area contributed by atoms with Crippen molar-refractivity contribution in [1.82, 2.24) is 4.90 Å². The number of benzene rings is 1. The summed E-state index contributed by atoms with van der Waals surface area (Å²) < 4.78 is 0. The van der Waals surface area contributed by atoms with Crippen LogP contribution in [0.1, 0.15) is 35.7 Å². The molecule has 1 fully saturated rings. The van der Waals surface area contributed by atoms with Crippen LogP contribution in [0.4, 0.5) is 5.69 Å². The normalized spacial score (nSPS) is 18.0. The van der Waals surface area contributed by atoms with Crippen molar-refractivity contribution in [3.05, 3.63) is 29.3 Å². The summed E-state index contributed by atoms with van der Waals surface area (Å²) in [5.74, 6) is 0.144. The Balaban J connectivity index is 1.75. The number of amides is 2. The number of piperidine rings is 1. The molecule has 1 aromatic carbocycles. The fourth-order valence-corrected chi connectivity index (χ4v) is 3.26. The summed E-state index contributed by atoms with van der Waals surface area (Å²) >= 11 is 0. The van der Waals surface area contributed by atoms with Crippen molar-refractivity contribution in [2.75, 3.05) is 24.5 Å². The number of nitriles is 1. The fraction of sp³-hybridized carbons (Fsp3) is 0.471. The number of carbonyl (C=O) groups excluding carboxylic acids is 2. The van der Waals surface area contributed by atoms with Crippen molar-refractivity contribution >= 4 is 17.5 Å². The standard InChI is InChI=1S/C17H19N3O2/c1-12(21)20-9-6-14-10-15(2-3-16(14)20)17(22)19-7-4-13(11-18)5-8-19/h2-3,10,13H,4-9H2,1H3. The smallest absolute Gasteiger partial charge is 0.253 e. The molecule has 2 aliphatic rings. The van der Waals surface area contributed by atoms with E-state index in [-0.39, 0.29) is 17.7 Å². The summed E-state index contributed by atoms with van der Waals surface area (Å²) in [6.07, 6.45) is 2.31. The molecule has 2 aliphatic heterocycles. The molecule has 1 aromatic rings.